The van der Waals surface area contributed by atoms with E-state index in [9.17, 15) is 28.8 Å². The summed E-state index contributed by atoms with van der Waals surface area (Å²) in [5.74, 6) is -4.70. The Balaban J connectivity index is 0.000000172. The molecule has 0 fully saturated rings. The van der Waals surface area contributed by atoms with Crippen LogP contribution in [0.2, 0.25) is 0 Å². The van der Waals surface area contributed by atoms with Crippen molar-refractivity contribution >= 4 is 56.7 Å². The van der Waals surface area contributed by atoms with Gasteiger partial charge in [-0.15, -0.1) is 0 Å². The van der Waals surface area contributed by atoms with Gasteiger partial charge in [-0.25, -0.2) is 9.59 Å². The van der Waals surface area contributed by atoms with Crippen LogP contribution < -0.4 is 0 Å². The van der Waals surface area contributed by atoms with Crippen LogP contribution in [0.3, 0.4) is 0 Å². The molecule has 2 radical (unpaired) electrons. The third-order valence-corrected chi connectivity index (χ3v) is 11.5. The standard InChI is InChI=1S/2C13H11NO4.2C7H7.Sn/c2*15-11-6-7-12(16)14(11)10(13(17)18)8-9-4-2-1-3-5-9;2*1-7-5-3-2-4-6-7;/h2*1-7,10H,8H2,(H,17,18);2*2-6H,1H2;. The number of nitrogens with zero attached hydrogens (tertiary/aromatic N) is 2. The second-order valence-corrected chi connectivity index (χ2v) is 14.9. The predicted octanol–water partition coefficient (Wildman–Crippen LogP) is 4.31. The molecule has 0 aromatic heterocycles. The van der Waals surface area contributed by atoms with Crippen LogP contribution in [-0.4, -0.2) is 88.8 Å². The van der Waals surface area contributed by atoms with E-state index in [1.54, 1.807) is 48.5 Å². The van der Waals surface area contributed by atoms with Gasteiger partial charge in [0, 0.05) is 37.1 Å². The second kappa shape index (κ2) is 19.5. The van der Waals surface area contributed by atoms with E-state index in [-0.39, 0.29) is 34.0 Å². The Morgan fingerprint density at radius 2 is 0.706 bits per heavy atom. The Hall–Kier alpha value is -5.62. The molecule has 2 heterocycles. The van der Waals surface area contributed by atoms with Gasteiger partial charge in [0.1, 0.15) is 12.1 Å². The second-order valence-electron chi connectivity index (χ2n) is 11.4. The number of carboxylic acid groups (broad SMARTS) is 2. The van der Waals surface area contributed by atoms with E-state index in [1.807, 2.05) is 12.1 Å². The van der Waals surface area contributed by atoms with Crippen molar-refractivity contribution in [2.75, 3.05) is 0 Å². The Bertz CT molecular complexity index is 1690. The fraction of sp³-hybridized carbons (Fsp3) is 0.150. The zero-order valence-electron chi connectivity index (χ0n) is 27.6. The molecule has 0 spiro atoms. The van der Waals surface area contributed by atoms with Gasteiger partial charge < -0.3 is 10.2 Å². The molecule has 10 nitrogen and oxygen atoms in total. The van der Waals surface area contributed by atoms with Crippen molar-refractivity contribution in [3.8, 4) is 0 Å². The zero-order valence-corrected chi connectivity index (χ0v) is 30.4. The van der Waals surface area contributed by atoms with E-state index in [4.69, 9.17) is 10.2 Å². The maximum atomic E-state index is 11.5. The predicted molar refractivity (Wildman–Crippen MR) is 191 cm³/mol. The fourth-order valence-electron chi connectivity index (χ4n) is 5.23. The summed E-state index contributed by atoms with van der Waals surface area (Å²) in [6.07, 6.45) is 4.56. The van der Waals surface area contributed by atoms with Crippen LogP contribution in [0.5, 0.6) is 0 Å². The van der Waals surface area contributed by atoms with Gasteiger partial charge >= 0.3 is 114 Å². The summed E-state index contributed by atoms with van der Waals surface area (Å²) in [5.41, 5.74) is 4.55. The van der Waals surface area contributed by atoms with Gasteiger partial charge in [-0.2, -0.15) is 0 Å². The van der Waals surface area contributed by atoms with Gasteiger partial charge in [0.2, 0.25) is 0 Å². The summed E-state index contributed by atoms with van der Waals surface area (Å²) < 4.78 is 2.69. The van der Waals surface area contributed by atoms with Gasteiger partial charge in [-0.1, -0.05) is 60.7 Å². The van der Waals surface area contributed by atoms with Crippen molar-refractivity contribution in [1.82, 2.24) is 9.80 Å². The average Bonchev–Trinajstić information content (AvgIpc) is 3.66. The van der Waals surface area contributed by atoms with Crippen LogP contribution in [0.4, 0.5) is 0 Å². The molecule has 258 valence electrons. The van der Waals surface area contributed by atoms with Crippen molar-refractivity contribution in [3.05, 3.63) is 168 Å². The van der Waals surface area contributed by atoms with Crippen LogP contribution in [0.25, 0.3) is 0 Å². The Morgan fingerprint density at radius 3 is 0.961 bits per heavy atom. The molecule has 11 heteroatoms. The third-order valence-electron chi connectivity index (χ3n) is 7.77. The van der Waals surface area contributed by atoms with Crippen LogP contribution in [0.15, 0.2) is 146 Å². The van der Waals surface area contributed by atoms with E-state index >= 15 is 0 Å². The number of benzene rings is 4. The minimum absolute atomic E-state index is 0.106. The molecule has 4 aromatic carbocycles. The number of carbonyl (C=O) groups is 6. The molecule has 2 aliphatic heterocycles. The molecule has 2 N–H and O–H groups in total. The Kier molecular flexibility index (Phi) is 14.6. The topological polar surface area (TPSA) is 149 Å². The number of carbonyl (C=O) groups excluding carboxylic acids is 4. The van der Waals surface area contributed by atoms with E-state index in [1.165, 1.54) is 20.0 Å². The molecular weight excluding hydrogens is 755 g/mol. The minimum atomic E-state index is -1.19. The van der Waals surface area contributed by atoms with Crippen LogP contribution in [0.1, 0.15) is 22.3 Å². The SMILES string of the molecule is O=C(O)C(Cc1ccccc1)N1C(=O)C=CC1=O.O=C(O)C(Cc1ccccc1)N1C(=O)C=CC1=O.c1ccc([CH2][Sn][CH2]c2ccccc2)cc1. The third kappa shape index (κ3) is 11.7. The summed E-state index contributed by atoms with van der Waals surface area (Å²) in [6, 6.07) is 37.1. The van der Waals surface area contributed by atoms with Crippen LogP contribution in [0, 0.1) is 0 Å². The molecule has 0 saturated carbocycles. The molecule has 0 bridgehead atoms. The van der Waals surface area contributed by atoms with Crippen LogP contribution in [-0.2, 0) is 50.5 Å². The summed E-state index contributed by atoms with van der Waals surface area (Å²) in [7, 11) is 0. The van der Waals surface area contributed by atoms with Crippen molar-refractivity contribution in [2.45, 2.75) is 33.8 Å². The van der Waals surface area contributed by atoms with Gasteiger partial charge in [0.25, 0.3) is 23.6 Å². The quantitative estimate of drug-likeness (QED) is 0.160. The number of carboxylic acids is 2. The first-order chi connectivity index (χ1) is 24.6. The molecule has 2 unspecified atom stereocenters. The monoisotopic (exact) mass is 792 g/mol. The van der Waals surface area contributed by atoms with E-state index < -0.39 is 47.7 Å². The molecule has 0 saturated heterocycles. The number of hydrogen-bond acceptors (Lipinski definition) is 6. The molecule has 0 aliphatic carbocycles. The number of imide groups is 2. The van der Waals surface area contributed by atoms with Crippen molar-refractivity contribution in [3.63, 3.8) is 0 Å². The van der Waals surface area contributed by atoms with Crippen LogP contribution >= 0.6 is 0 Å². The molecule has 6 rings (SSSR count). The number of rotatable bonds is 12. The van der Waals surface area contributed by atoms with Crippen molar-refractivity contribution in [1.29, 1.82) is 0 Å². The van der Waals surface area contributed by atoms with Crippen molar-refractivity contribution < 1.29 is 39.0 Å². The molecule has 2 aliphatic rings. The number of amides is 4. The first-order valence-corrected chi connectivity index (χ1v) is 20.1. The normalized spacial score (nSPS) is 14.4. The van der Waals surface area contributed by atoms with Crippen molar-refractivity contribution in [2.24, 2.45) is 0 Å². The van der Waals surface area contributed by atoms with Gasteiger partial charge in [-0.05, 0) is 11.1 Å². The summed E-state index contributed by atoms with van der Waals surface area (Å²) in [5, 5.41) is 18.3. The first kappa shape index (κ1) is 38.2. The first-order valence-electron chi connectivity index (χ1n) is 16.1. The van der Waals surface area contributed by atoms with E-state index in [0.29, 0.717) is 0 Å². The maximum absolute atomic E-state index is 11.5. The molecule has 51 heavy (non-hydrogen) atoms. The number of hydrogen-bond donors (Lipinski definition) is 2. The van der Waals surface area contributed by atoms with E-state index in [2.05, 4.69) is 60.7 Å². The number of aliphatic carboxylic acids is 2. The Morgan fingerprint density at radius 1 is 0.451 bits per heavy atom. The molecular formula is C40H36N2O8Sn. The average molecular weight is 791 g/mol. The Labute approximate surface area is 305 Å². The fourth-order valence-corrected chi connectivity index (χ4v) is 8.58. The van der Waals surface area contributed by atoms with Gasteiger partial charge in [0.05, 0.1) is 0 Å². The molecule has 4 aromatic rings. The summed E-state index contributed by atoms with van der Waals surface area (Å²) in [4.78, 5) is 69.9. The van der Waals surface area contributed by atoms with Gasteiger partial charge in [0.15, 0.2) is 0 Å². The summed E-state index contributed by atoms with van der Waals surface area (Å²) >= 11 is -0.258. The summed E-state index contributed by atoms with van der Waals surface area (Å²) in [6.45, 7) is 0. The van der Waals surface area contributed by atoms with E-state index in [0.717, 1.165) is 45.2 Å². The molecule has 2 atom stereocenters. The molecule has 4 amide bonds. The zero-order chi connectivity index (χ0) is 36.6. The van der Waals surface area contributed by atoms with Gasteiger partial charge in [-0.3, -0.25) is 29.0 Å².